The summed E-state index contributed by atoms with van der Waals surface area (Å²) in [6, 6.07) is 13.0. The van der Waals surface area contributed by atoms with Crippen LogP contribution in [-0.4, -0.2) is 24.6 Å². The van der Waals surface area contributed by atoms with Gasteiger partial charge in [-0.15, -0.1) is 0 Å². The zero-order chi connectivity index (χ0) is 20.1. The van der Waals surface area contributed by atoms with Gasteiger partial charge in [0.25, 0.3) is 0 Å². The van der Waals surface area contributed by atoms with Gasteiger partial charge >= 0.3 is 0 Å². The Labute approximate surface area is 165 Å². The van der Waals surface area contributed by atoms with Crippen molar-refractivity contribution in [2.45, 2.75) is 45.4 Å². The summed E-state index contributed by atoms with van der Waals surface area (Å²) in [7, 11) is 1.70. The van der Waals surface area contributed by atoms with E-state index in [4.69, 9.17) is 0 Å². The molecule has 0 saturated carbocycles. The van der Waals surface area contributed by atoms with Crippen LogP contribution in [-0.2, 0) is 22.4 Å². The first-order valence-electron chi connectivity index (χ1n) is 9.73. The number of ketones is 1. The molecule has 0 radical (unpaired) electrons. The molecule has 1 aliphatic rings. The molecule has 2 aromatic rings. The van der Waals surface area contributed by atoms with E-state index in [-0.39, 0.29) is 30.4 Å². The molecule has 2 aromatic carbocycles. The van der Waals surface area contributed by atoms with Crippen LogP contribution in [0.3, 0.4) is 0 Å². The summed E-state index contributed by atoms with van der Waals surface area (Å²) in [5, 5.41) is 2.80. The van der Waals surface area contributed by atoms with Crippen molar-refractivity contribution in [3.8, 4) is 0 Å². The largest absolute Gasteiger partial charge is 0.326 e. The van der Waals surface area contributed by atoms with E-state index in [0.717, 1.165) is 18.5 Å². The highest BCUT2D eigenvalue weighted by atomic mass is 16.2. The van der Waals surface area contributed by atoms with Crippen molar-refractivity contribution in [1.29, 1.82) is 0 Å². The molecule has 5 nitrogen and oxygen atoms in total. The van der Waals surface area contributed by atoms with Gasteiger partial charge in [0.1, 0.15) is 0 Å². The van der Waals surface area contributed by atoms with E-state index in [1.54, 1.807) is 31.3 Å². The second kappa shape index (κ2) is 8.83. The number of nitrogens with one attached hydrogen (secondary N) is 1. The highest BCUT2D eigenvalue weighted by Crippen LogP contribution is 2.23. The predicted octanol–water partition coefficient (Wildman–Crippen LogP) is 4.15. The number of benzene rings is 2. The lowest BCUT2D eigenvalue weighted by molar-refractivity contribution is -0.117. The van der Waals surface area contributed by atoms with Crippen LogP contribution in [0.5, 0.6) is 0 Å². The van der Waals surface area contributed by atoms with Gasteiger partial charge in [-0.1, -0.05) is 12.1 Å². The monoisotopic (exact) mass is 378 g/mol. The van der Waals surface area contributed by atoms with Gasteiger partial charge in [0.15, 0.2) is 5.78 Å². The third-order valence-corrected chi connectivity index (χ3v) is 5.26. The number of carbonyl (C=O) groups excluding carboxylic acids is 3. The molecule has 1 N–H and O–H groups in total. The Kier molecular flexibility index (Phi) is 6.24. The molecule has 0 aromatic heterocycles. The number of carbonyl (C=O) groups is 3. The Morgan fingerprint density at radius 2 is 1.61 bits per heavy atom. The molecule has 0 unspecified atom stereocenters. The second-order valence-electron chi connectivity index (χ2n) is 7.29. The number of hydrogen-bond acceptors (Lipinski definition) is 3. The van der Waals surface area contributed by atoms with Gasteiger partial charge in [-0.2, -0.15) is 0 Å². The quantitative estimate of drug-likeness (QED) is 0.768. The molecule has 0 bridgehead atoms. The fraction of sp³-hybridized carbons (Fsp3) is 0.348. The van der Waals surface area contributed by atoms with Gasteiger partial charge in [0, 0.05) is 43.8 Å². The lowest BCUT2D eigenvalue weighted by Gasteiger charge is -2.16. The summed E-state index contributed by atoms with van der Waals surface area (Å²) in [5.41, 5.74) is 4.72. The molecule has 0 aliphatic heterocycles. The molecule has 3 rings (SSSR count). The summed E-state index contributed by atoms with van der Waals surface area (Å²) in [4.78, 5) is 37.5. The van der Waals surface area contributed by atoms with E-state index in [0.29, 0.717) is 11.3 Å². The van der Waals surface area contributed by atoms with Crippen LogP contribution in [0.25, 0.3) is 0 Å². The van der Waals surface area contributed by atoms with Crippen molar-refractivity contribution in [2.24, 2.45) is 0 Å². The van der Waals surface area contributed by atoms with E-state index < -0.39 is 0 Å². The zero-order valence-electron chi connectivity index (χ0n) is 16.5. The molecule has 2 amide bonds. The predicted molar refractivity (Wildman–Crippen MR) is 111 cm³/mol. The molecule has 0 heterocycles. The third kappa shape index (κ3) is 4.85. The highest BCUT2D eigenvalue weighted by molar-refractivity contribution is 6.00. The van der Waals surface area contributed by atoms with E-state index in [1.165, 1.54) is 35.8 Å². The summed E-state index contributed by atoms with van der Waals surface area (Å²) >= 11 is 0. The van der Waals surface area contributed by atoms with Crippen LogP contribution >= 0.6 is 0 Å². The number of anilines is 2. The Hall–Kier alpha value is -2.95. The molecule has 0 saturated heterocycles. The number of hydrogen-bond donors (Lipinski definition) is 1. The van der Waals surface area contributed by atoms with Gasteiger partial charge < -0.3 is 10.2 Å². The molecule has 0 fully saturated rings. The van der Waals surface area contributed by atoms with E-state index in [2.05, 4.69) is 11.4 Å². The SMILES string of the molecule is CC(=O)N(C)c1ccc(NC(=O)CCC(=O)c2ccc3c(c2)CCCC3)cc1. The van der Waals surface area contributed by atoms with E-state index in [1.807, 2.05) is 12.1 Å². The highest BCUT2D eigenvalue weighted by Gasteiger charge is 2.14. The maximum absolute atomic E-state index is 12.5. The van der Waals surface area contributed by atoms with Crippen molar-refractivity contribution in [3.63, 3.8) is 0 Å². The van der Waals surface area contributed by atoms with Crippen LogP contribution < -0.4 is 10.2 Å². The standard InChI is InChI=1S/C23H26N2O3/c1-16(26)25(2)21-11-9-20(10-12-21)24-23(28)14-13-22(27)19-8-7-17-5-3-4-6-18(17)15-19/h7-12,15H,3-6,13-14H2,1-2H3,(H,24,28). The maximum Gasteiger partial charge on any atom is 0.224 e. The third-order valence-electron chi connectivity index (χ3n) is 5.26. The fourth-order valence-corrected chi connectivity index (χ4v) is 3.45. The minimum Gasteiger partial charge on any atom is -0.326 e. The molecular formula is C23H26N2O3. The number of amides is 2. The van der Waals surface area contributed by atoms with Crippen molar-refractivity contribution in [2.75, 3.05) is 17.3 Å². The first-order valence-corrected chi connectivity index (χ1v) is 9.73. The first kappa shape index (κ1) is 19.8. The van der Waals surface area contributed by atoms with E-state index in [9.17, 15) is 14.4 Å². The number of rotatable bonds is 6. The van der Waals surface area contributed by atoms with Crippen molar-refractivity contribution >= 4 is 29.0 Å². The Balaban J connectivity index is 1.52. The van der Waals surface area contributed by atoms with Crippen molar-refractivity contribution in [1.82, 2.24) is 0 Å². The van der Waals surface area contributed by atoms with Crippen LogP contribution in [0.15, 0.2) is 42.5 Å². The second-order valence-corrected chi connectivity index (χ2v) is 7.29. The maximum atomic E-state index is 12.5. The van der Waals surface area contributed by atoms with E-state index >= 15 is 0 Å². The number of Topliss-reactive ketones (excluding diaryl/α,β-unsaturated/α-hetero) is 1. The molecule has 146 valence electrons. The minimum absolute atomic E-state index is 0.00181. The molecule has 28 heavy (non-hydrogen) atoms. The molecule has 1 aliphatic carbocycles. The van der Waals surface area contributed by atoms with Crippen molar-refractivity contribution in [3.05, 3.63) is 59.2 Å². The summed E-state index contributed by atoms with van der Waals surface area (Å²) in [5.74, 6) is -0.251. The van der Waals surface area contributed by atoms with Gasteiger partial charge in [-0.3, -0.25) is 14.4 Å². The topological polar surface area (TPSA) is 66.5 Å². The number of nitrogens with zero attached hydrogens (tertiary/aromatic N) is 1. The fourth-order valence-electron chi connectivity index (χ4n) is 3.45. The Morgan fingerprint density at radius 3 is 2.29 bits per heavy atom. The molecule has 5 heteroatoms. The molecule has 0 atom stereocenters. The Bertz CT molecular complexity index is 887. The van der Waals surface area contributed by atoms with Gasteiger partial charge in [-0.25, -0.2) is 0 Å². The normalized spacial score (nSPS) is 12.8. The summed E-state index contributed by atoms with van der Waals surface area (Å²) < 4.78 is 0. The minimum atomic E-state index is -0.195. The number of aryl methyl sites for hydroxylation is 2. The summed E-state index contributed by atoms with van der Waals surface area (Å²) in [6.07, 6.45) is 4.85. The lowest BCUT2D eigenvalue weighted by Crippen LogP contribution is -2.22. The Morgan fingerprint density at radius 1 is 0.929 bits per heavy atom. The van der Waals surface area contributed by atoms with Gasteiger partial charge in [0.05, 0.1) is 0 Å². The van der Waals surface area contributed by atoms with Gasteiger partial charge in [0.2, 0.25) is 11.8 Å². The molecule has 0 spiro atoms. The first-order chi connectivity index (χ1) is 13.4. The van der Waals surface area contributed by atoms with Crippen molar-refractivity contribution < 1.29 is 14.4 Å². The van der Waals surface area contributed by atoms with Crippen LogP contribution in [0, 0.1) is 0 Å². The van der Waals surface area contributed by atoms with Gasteiger partial charge in [-0.05, 0) is 67.1 Å². The summed E-state index contributed by atoms with van der Waals surface area (Å²) in [6.45, 7) is 1.50. The number of fused-ring (bicyclic) bond motifs is 1. The lowest BCUT2D eigenvalue weighted by atomic mass is 9.89. The van der Waals surface area contributed by atoms with Crippen LogP contribution in [0.2, 0.25) is 0 Å². The average Bonchev–Trinajstić information content (AvgIpc) is 2.71. The van der Waals surface area contributed by atoms with Crippen LogP contribution in [0.1, 0.15) is 54.1 Å². The zero-order valence-corrected chi connectivity index (χ0v) is 16.5. The van der Waals surface area contributed by atoms with Crippen LogP contribution in [0.4, 0.5) is 11.4 Å². The molecular weight excluding hydrogens is 352 g/mol. The average molecular weight is 378 g/mol. The smallest absolute Gasteiger partial charge is 0.224 e.